The van der Waals surface area contributed by atoms with E-state index in [1.54, 1.807) is 6.20 Å². The number of aliphatic hydroxyl groups is 1. The number of rotatable bonds is 7. The fraction of sp³-hybridized carbons (Fsp3) is 0.500. The summed E-state index contributed by atoms with van der Waals surface area (Å²) in [4.78, 5) is 0. The van der Waals surface area contributed by atoms with Gasteiger partial charge in [-0.2, -0.15) is 5.10 Å². The smallest absolute Gasteiger partial charge is 0.0891 e. The van der Waals surface area contributed by atoms with E-state index < -0.39 is 6.10 Å². The monoisotopic (exact) mass is 286 g/mol. The summed E-state index contributed by atoms with van der Waals surface area (Å²) >= 11 is 0. The summed E-state index contributed by atoms with van der Waals surface area (Å²) in [5.41, 5.74) is 2.11. The van der Waals surface area contributed by atoms with E-state index in [-0.39, 0.29) is 5.92 Å². The van der Waals surface area contributed by atoms with Crippen LogP contribution in [0.1, 0.15) is 56.8 Å². The van der Waals surface area contributed by atoms with Crippen molar-refractivity contribution in [2.24, 2.45) is 5.92 Å². The highest BCUT2D eigenvalue weighted by Crippen LogP contribution is 2.38. The average molecular weight is 286 g/mol. The van der Waals surface area contributed by atoms with Gasteiger partial charge in [0, 0.05) is 24.2 Å². The van der Waals surface area contributed by atoms with Gasteiger partial charge in [-0.3, -0.25) is 4.68 Å². The van der Waals surface area contributed by atoms with E-state index in [4.69, 9.17) is 0 Å². The molecule has 1 aromatic carbocycles. The molecular formula is C18H26N2O. The van der Waals surface area contributed by atoms with Crippen molar-refractivity contribution >= 4 is 0 Å². The fourth-order valence-electron chi connectivity index (χ4n) is 2.84. The Labute approximate surface area is 127 Å². The molecule has 0 aliphatic carbocycles. The first-order valence-corrected chi connectivity index (χ1v) is 7.92. The quantitative estimate of drug-likeness (QED) is 0.830. The summed E-state index contributed by atoms with van der Waals surface area (Å²) in [5.74, 6) is 0.521. The topological polar surface area (TPSA) is 38.0 Å². The highest BCUT2D eigenvalue weighted by Gasteiger charge is 2.28. The van der Waals surface area contributed by atoms with Gasteiger partial charge in [0.15, 0.2) is 0 Å². The zero-order valence-electron chi connectivity index (χ0n) is 13.2. The largest absolute Gasteiger partial charge is 0.388 e. The van der Waals surface area contributed by atoms with E-state index in [2.05, 4.69) is 38.0 Å². The van der Waals surface area contributed by atoms with Crippen molar-refractivity contribution in [1.29, 1.82) is 0 Å². The van der Waals surface area contributed by atoms with Gasteiger partial charge in [0.1, 0.15) is 0 Å². The summed E-state index contributed by atoms with van der Waals surface area (Å²) in [7, 11) is 0. The van der Waals surface area contributed by atoms with E-state index in [0.717, 1.165) is 24.9 Å². The van der Waals surface area contributed by atoms with Crippen molar-refractivity contribution in [3.8, 4) is 0 Å². The number of hydrogen-bond donors (Lipinski definition) is 1. The van der Waals surface area contributed by atoms with Crippen molar-refractivity contribution in [2.45, 2.75) is 52.2 Å². The highest BCUT2D eigenvalue weighted by atomic mass is 16.3. The SMILES string of the molecule is CCCn1cc(C(O)C(c2ccccc2)C(C)CC)cn1. The highest BCUT2D eigenvalue weighted by molar-refractivity contribution is 5.25. The van der Waals surface area contributed by atoms with Crippen LogP contribution in [0.2, 0.25) is 0 Å². The fourth-order valence-corrected chi connectivity index (χ4v) is 2.84. The van der Waals surface area contributed by atoms with Crippen molar-refractivity contribution in [3.05, 3.63) is 53.9 Å². The predicted molar refractivity (Wildman–Crippen MR) is 86.1 cm³/mol. The van der Waals surface area contributed by atoms with Crippen LogP contribution in [0.3, 0.4) is 0 Å². The average Bonchev–Trinajstić information content (AvgIpc) is 2.97. The van der Waals surface area contributed by atoms with E-state index >= 15 is 0 Å². The lowest BCUT2D eigenvalue weighted by atomic mass is 9.80. The molecule has 1 N–H and O–H groups in total. The number of aryl methyl sites for hydroxylation is 1. The molecule has 3 unspecified atom stereocenters. The lowest BCUT2D eigenvalue weighted by Crippen LogP contribution is -2.18. The summed E-state index contributed by atoms with van der Waals surface area (Å²) in [6.07, 6.45) is 5.36. The van der Waals surface area contributed by atoms with Crippen LogP contribution >= 0.6 is 0 Å². The molecule has 0 saturated carbocycles. The zero-order valence-corrected chi connectivity index (χ0v) is 13.2. The van der Waals surface area contributed by atoms with Crippen LogP contribution < -0.4 is 0 Å². The normalized spacial score (nSPS) is 15.6. The second-order valence-electron chi connectivity index (χ2n) is 5.80. The van der Waals surface area contributed by atoms with Gasteiger partial charge in [-0.25, -0.2) is 0 Å². The van der Waals surface area contributed by atoms with Crippen LogP contribution in [0.25, 0.3) is 0 Å². The molecule has 3 heteroatoms. The van der Waals surface area contributed by atoms with E-state index in [1.165, 1.54) is 5.56 Å². The maximum Gasteiger partial charge on any atom is 0.0891 e. The van der Waals surface area contributed by atoms with Gasteiger partial charge in [0.25, 0.3) is 0 Å². The molecule has 0 bridgehead atoms. The second kappa shape index (κ2) is 7.41. The first-order chi connectivity index (χ1) is 10.2. The minimum atomic E-state index is -0.507. The third kappa shape index (κ3) is 3.73. The van der Waals surface area contributed by atoms with Crippen LogP contribution in [0.15, 0.2) is 42.7 Å². The Morgan fingerprint density at radius 2 is 1.86 bits per heavy atom. The van der Waals surface area contributed by atoms with Crippen molar-refractivity contribution in [2.75, 3.05) is 0 Å². The number of aliphatic hydroxyl groups excluding tert-OH is 1. The number of aromatic nitrogens is 2. The third-order valence-corrected chi connectivity index (χ3v) is 4.23. The molecule has 1 heterocycles. The first-order valence-electron chi connectivity index (χ1n) is 7.92. The molecule has 0 radical (unpaired) electrons. The second-order valence-corrected chi connectivity index (χ2v) is 5.80. The Kier molecular flexibility index (Phi) is 5.57. The minimum Gasteiger partial charge on any atom is -0.388 e. The maximum absolute atomic E-state index is 10.9. The Bertz CT molecular complexity index is 535. The molecule has 3 atom stereocenters. The van der Waals surface area contributed by atoms with Crippen LogP contribution in [-0.2, 0) is 6.54 Å². The van der Waals surface area contributed by atoms with Gasteiger partial charge in [-0.1, -0.05) is 57.5 Å². The van der Waals surface area contributed by atoms with Crippen LogP contribution in [0.5, 0.6) is 0 Å². The van der Waals surface area contributed by atoms with Crippen molar-refractivity contribution in [1.82, 2.24) is 9.78 Å². The maximum atomic E-state index is 10.9. The Hall–Kier alpha value is -1.61. The van der Waals surface area contributed by atoms with Gasteiger partial charge in [-0.15, -0.1) is 0 Å². The molecule has 0 fully saturated rings. The van der Waals surface area contributed by atoms with Gasteiger partial charge in [-0.05, 0) is 17.9 Å². The molecule has 114 valence electrons. The molecule has 0 spiro atoms. The Morgan fingerprint density at radius 1 is 1.14 bits per heavy atom. The Morgan fingerprint density at radius 3 is 2.48 bits per heavy atom. The van der Waals surface area contributed by atoms with Crippen LogP contribution in [0, 0.1) is 5.92 Å². The molecule has 0 aliphatic heterocycles. The predicted octanol–water partition coefficient (Wildman–Crippen LogP) is 4.16. The number of nitrogens with zero attached hydrogens (tertiary/aromatic N) is 2. The lowest BCUT2D eigenvalue weighted by Gasteiger charge is -2.28. The van der Waals surface area contributed by atoms with Gasteiger partial charge >= 0.3 is 0 Å². The molecule has 1 aromatic heterocycles. The minimum absolute atomic E-state index is 0.107. The van der Waals surface area contributed by atoms with Gasteiger partial charge in [0.05, 0.1) is 12.3 Å². The molecular weight excluding hydrogens is 260 g/mol. The molecule has 2 rings (SSSR count). The molecule has 0 saturated heterocycles. The molecule has 21 heavy (non-hydrogen) atoms. The summed E-state index contributed by atoms with van der Waals surface area (Å²) in [6.45, 7) is 7.40. The van der Waals surface area contributed by atoms with Crippen LogP contribution in [-0.4, -0.2) is 14.9 Å². The molecule has 3 nitrogen and oxygen atoms in total. The van der Waals surface area contributed by atoms with E-state index in [9.17, 15) is 5.11 Å². The third-order valence-electron chi connectivity index (χ3n) is 4.23. The zero-order chi connectivity index (χ0) is 15.2. The molecule has 2 aromatic rings. The van der Waals surface area contributed by atoms with Crippen molar-refractivity contribution < 1.29 is 5.11 Å². The summed E-state index contributed by atoms with van der Waals surface area (Å²) in [6, 6.07) is 10.3. The lowest BCUT2D eigenvalue weighted by molar-refractivity contribution is 0.118. The summed E-state index contributed by atoms with van der Waals surface area (Å²) in [5, 5.41) is 15.2. The van der Waals surface area contributed by atoms with E-state index in [0.29, 0.717) is 5.92 Å². The Balaban J connectivity index is 2.27. The summed E-state index contributed by atoms with van der Waals surface area (Å²) < 4.78 is 1.91. The number of benzene rings is 1. The number of hydrogen-bond acceptors (Lipinski definition) is 2. The van der Waals surface area contributed by atoms with Crippen molar-refractivity contribution in [3.63, 3.8) is 0 Å². The van der Waals surface area contributed by atoms with E-state index in [1.807, 2.05) is 29.1 Å². The standard InChI is InChI=1S/C18H26N2O/c1-4-11-20-13-16(12-19-20)18(21)17(14(3)5-2)15-9-7-6-8-10-15/h6-10,12-14,17-18,21H,4-5,11H2,1-3H3. The van der Waals surface area contributed by atoms with Gasteiger partial charge in [0.2, 0.25) is 0 Å². The van der Waals surface area contributed by atoms with Crippen LogP contribution in [0.4, 0.5) is 0 Å². The first kappa shape index (κ1) is 15.8. The molecule has 0 amide bonds. The van der Waals surface area contributed by atoms with Gasteiger partial charge < -0.3 is 5.11 Å². The molecule has 0 aliphatic rings.